The zero-order chi connectivity index (χ0) is 17.4. The maximum atomic E-state index is 12.3. The number of fused-ring (bicyclic) bond motifs is 1. The van der Waals surface area contributed by atoms with Crippen molar-refractivity contribution in [3.05, 3.63) is 34.9 Å². The summed E-state index contributed by atoms with van der Waals surface area (Å²) in [5, 5.41) is 0. The Hall–Kier alpha value is -1.84. The Labute approximate surface area is 138 Å². The molecule has 4 nitrogen and oxygen atoms in total. The van der Waals surface area contributed by atoms with Crippen LogP contribution in [0.25, 0.3) is 0 Å². The van der Waals surface area contributed by atoms with Gasteiger partial charge in [0.2, 0.25) is 0 Å². The van der Waals surface area contributed by atoms with Crippen LogP contribution in [0.4, 0.5) is 0 Å². The quantitative estimate of drug-likeness (QED) is 0.792. The van der Waals surface area contributed by atoms with E-state index in [1.807, 2.05) is 39.0 Å². The summed E-state index contributed by atoms with van der Waals surface area (Å²) in [5.41, 5.74) is 2.50. The highest BCUT2D eigenvalue weighted by Gasteiger charge is 2.43. The van der Waals surface area contributed by atoms with Crippen molar-refractivity contribution < 1.29 is 19.1 Å². The van der Waals surface area contributed by atoms with Crippen LogP contribution >= 0.6 is 0 Å². The van der Waals surface area contributed by atoms with Crippen molar-refractivity contribution in [3.8, 4) is 0 Å². The van der Waals surface area contributed by atoms with Gasteiger partial charge in [-0.15, -0.1) is 0 Å². The Morgan fingerprint density at radius 1 is 1.26 bits per heavy atom. The fraction of sp³-hybridized carbons (Fsp3) is 0.579. The molecular weight excluding hydrogens is 292 g/mol. The van der Waals surface area contributed by atoms with Gasteiger partial charge in [0.1, 0.15) is 12.7 Å². The molecule has 23 heavy (non-hydrogen) atoms. The molecule has 1 aromatic carbocycles. The van der Waals surface area contributed by atoms with Gasteiger partial charge in [-0.3, -0.25) is 9.59 Å². The van der Waals surface area contributed by atoms with Crippen LogP contribution in [0, 0.1) is 10.8 Å². The molecule has 0 heterocycles. The molecule has 0 saturated carbocycles. The van der Waals surface area contributed by atoms with Gasteiger partial charge in [0.05, 0.1) is 5.41 Å². The lowest BCUT2D eigenvalue weighted by molar-refractivity contribution is -0.164. The molecule has 0 N–H and O–H groups in total. The highest BCUT2D eigenvalue weighted by atomic mass is 16.5. The van der Waals surface area contributed by atoms with Crippen LogP contribution in [0.5, 0.6) is 0 Å². The van der Waals surface area contributed by atoms with Crippen molar-refractivity contribution in [2.75, 3.05) is 0 Å². The number of rotatable bonds is 3. The summed E-state index contributed by atoms with van der Waals surface area (Å²) >= 11 is 0. The number of ether oxygens (including phenoxy) is 2. The second kappa shape index (κ2) is 5.99. The number of esters is 2. The van der Waals surface area contributed by atoms with Crippen molar-refractivity contribution in [3.63, 3.8) is 0 Å². The van der Waals surface area contributed by atoms with Crippen molar-refractivity contribution in [1.82, 2.24) is 0 Å². The lowest BCUT2D eigenvalue weighted by Gasteiger charge is -2.30. The first-order chi connectivity index (χ1) is 10.5. The molecule has 0 saturated heterocycles. The average Bonchev–Trinajstić information content (AvgIpc) is 2.65. The summed E-state index contributed by atoms with van der Waals surface area (Å²) in [6, 6.07) is 5.97. The average molecular weight is 318 g/mol. The predicted molar refractivity (Wildman–Crippen MR) is 87.7 cm³/mol. The molecule has 0 aliphatic heterocycles. The molecule has 1 aliphatic rings. The van der Waals surface area contributed by atoms with Crippen LogP contribution in [-0.4, -0.2) is 11.9 Å². The molecule has 1 atom stereocenters. The SMILES string of the molecule is CC(=O)OCc1ccc2c(c1)CC(C)(C)C2OC(=O)C(C)(C)C. The topological polar surface area (TPSA) is 52.6 Å². The fourth-order valence-electron chi connectivity index (χ4n) is 2.85. The Kier molecular flexibility index (Phi) is 4.56. The second-order valence-corrected chi connectivity index (χ2v) is 8.01. The molecule has 0 amide bonds. The van der Waals surface area contributed by atoms with Crippen LogP contribution < -0.4 is 0 Å². The lowest BCUT2D eigenvalue weighted by Crippen LogP contribution is -2.29. The van der Waals surface area contributed by atoms with Gasteiger partial charge in [0.15, 0.2) is 0 Å². The molecule has 0 radical (unpaired) electrons. The molecular formula is C19H26O4. The summed E-state index contributed by atoms with van der Waals surface area (Å²) in [4.78, 5) is 23.2. The zero-order valence-electron chi connectivity index (χ0n) is 14.9. The summed E-state index contributed by atoms with van der Waals surface area (Å²) in [6.45, 7) is 11.5. The molecule has 4 heteroatoms. The maximum Gasteiger partial charge on any atom is 0.311 e. The van der Waals surface area contributed by atoms with Crippen LogP contribution in [0.2, 0.25) is 0 Å². The Balaban J connectivity index is 2.24. The highest BCUT2D eigenvalue weighted by Crippen LogP contribution is 2.48. The molecule has 0 aromatic heterocycles. The minimum atomic E-state index is -0.520. The van der Waals surface area contributed by atoms with Gasteiger partial charge in [-0.05, 0) is 43.9 Å². The predicted octanol–water partition coefficient (Wildman–Crippen LogP) is 3.96. The van der Waals surface area contributed by atoms with Crippen molar-refractivity contribution >= 4 is 11.9 Å². The van der Waals surface area contributed by atoms with Gasteiger partial charge in [-0.1, -0.05) is 32.0 Å². The van der Waals surface area contributed by atoms with Gasteiger partial charge in [0, 0.05) is 12.3 Å². The largest absolute Gasteiger partial charge is 0.461 e. The number of carbonyl (C=O) groups excluding carboxylic acids is 2. The third-order valence-corrected chi connectivity index (χ3v) is 4.13. The van der Waals surface area contributed by atoms with E-state index < -0.39 is 5.41 Å². The molecule has 2 rings (SSSR count). The van der Waals surface area contributed by atoms with Gasteiger partial charge >= 0.3 is 11.9 Å². The fourth-order valence-corrected chi connectivity index (χ4v) is 2.85. The third kappa shape index (κ3) is 3.92. The lowest BCUT2D eigenvalue weighted by atomic mass is 9.87. The van der Waals surface area contributed by atoms with Crippen LogP contribution in [0.15, 0.2) is 18.2 Å². The van der Waals surface area contributed by atoms with Crippen molar-refractivity contribution in [2.24, 2.45) is 10.8 Å². The van der Waals surface area contributed by atoms with Gasteiger partial charge in [-0.2, -0.15) is 0 Å². The molecule has 0 spiro atoms. The maximum absolute atomic E-state index is 12.3. The van der Waals surface area contributed by atoms with E-state index in [0.29, 0.717) is 0 Å². The standard InChI is InChI=1S/C19H26O4/c1-12(20)22-11-13-7-8-15-14(9-13)10-19(5,6)16(15)23-17(21)18(2,3)4/h7-9,16H,10-11H2,1-6H3. The Morgan fingerprint density at radius 2 is 1.91 bits per heavy atom. The summed E-state index contributed by atoms with van der Waals surface area (Å²) < 4.78 is 10.9. The Bertz CT molecular complexity index is 623. The van der Waals surface area contributed by atoms with E-state index in [1.165, 1.54) is 6.92 Å². The molecule has 0 bridgehead atoms. The number of hydrogen-bond donors (Lipinski definition) is 0. The first-order valence-corrected chi connectivity index (χ1v) is 7.97. The van der Waals surface area contributed by atoms with Gasteiger partial charge in [0.25, 0.3) is 0 Å². The van der Waals surface area contributed by atoms with Gasteiger partial charge < -0.3 is 9.47 Å². The van der Waals surface area contributed by atoms with E-state index in [2.05, 4.69) is 13.8 Å². The molecule has 0 fully saturated rings. The summed E-state index contributed by atoms with van der Waals surface area (Å²) in [6.07, 6.45) is 0.588. The van der Waals surface area contributed by atoms with Crippen LogP contribution in [0.3, 0.4) is 0 Å². The van der Waals surface area contributed by atoms with Crippen molar-refractivity contribution in [1.29, 1.82) is 0 Å². The van der Waals surface area contributed by atoms with Crippen LogP contribution in [0.1, 0.15) is 64.3 Å². The first kappa shape index (κ1) is 17.5. The first-order valence-electron chi connectivity index (χ1n) is 7.97. The van der Waals surface area contributed by atoms with E-state index >= 15 is 0 Å². The molecule has 1 unspecified atom stereocenters. The molecule has 1 aliphatic carbocycles. The molecule has 126 valence electrons. The summed E-state index contributed by atoms with van der Waals surface area (Å²) in [7, 11) is 0. The smallest absolute Gasteiger partial charge is 0.311 e. The minimum Gasteiger partial charge on any atom is -0.461 e. The monoisotopic (exact) mass is 318 g/mol. The van der Waals surface area contributed by atoms with E-state index in [1.54, 1.807) is 0 Å². The Morgan fingerprint density at radius 3 is 2.48 bits per heavy atom. The van der Waals surface area contributed by atoms with E-state index in [9.17, 15) is 9.59 Å². The third-order valence-electron chi connectivity index (χ3n) is 4.13. The van der Waals surface area contributed by atoms with E-state index in [4.69, 9.17) is 9.47 Å². The van der Waals surface area contributed by atoms with Crippen molar-refractivity contribution in [2.45, 2.75) is 60.7 Å². The second-order valence-electron chi connectivity index (χ2n) is 8.01. The number of hydrogen-bond acceptors (Lipinski definition) is 4. The zero-order valence-corrected chi connectivity index (χ0v) is 14.9. The normalized spacial score (nSPS) is 19.1. The van der Waals surface area contributed by atoms with Gasteiger partial charge in [-0.25, -0.2) is 0 Å². The summed E-state index contributed by atoms with van der Waals surface area (Å²) in [5.74, 6) is -0.477. The number of carbonyl (C=O) groups is 2. The molecule has 1 aromatic rings. The van der Waals surface area contributed by atoms with Crippen LogP contribution in [-0.2, 0) is 32.1 Å². The van der Waals surface area contributed by atoms with E-state index in [0.717, 1.165) is 23.1 Å². The number of benzene rings is 1. The minimum absolute atomic E-state index is 0.150. The van der Waals surface area contributed by atoms with E-state index in [-0.39, 0.29) is 30.1 Å². The highest BCUT2D eigenvalue weighted by molar-refractivity contribution is 5.76.